The first-order valence-corrected chi connectivity index (χ1v) is 16.2. The minimum absolute atomic E-state index is 0.0539. The number of fused-ring (bicyclic) bond motifs is 1. The number of likely N-dealkylation sites (tertiary alicyclic amines) is 1. The average molecular weight is 618 g/mol. The molecule has 2 fully saturated rings. The highest BCUT2D eigenvalue weighted by atomic mass is 16.6. The molecule has 2 amide bonds. The van der Waals surface area contributed by atoms with Gasteiger partial charge >= 0.3 is 12.1 Å². The monoisotopic (exact) mass is 617 g/mol. The maximum absolute atomic E-state index is 13.1. The molecule has 2 aromatic carbocycles. The van der Waals surface area contributed by atoms with Crippen LogP contribution in [0, 0.1) is 5.92 Å². The van der Waals surface area contributed by atoms with E-state index in [1.54, 1.807) is 36.0 Å². The summed E-state index contributed by atoms with van der Waals surface area (Å²) in [5, 5.41) is 10.8. The van der Waals surface area contributed by atoms with Crippen LogP contribution in [0.5, 0.6) is 5.75 Å². The van der Waals surface area contributed by atoms with Crippen molar-refractivity contribution in [1.29, 1.82) is 0 Å². The van der Waals surface area contributed by atoms with Crippen molar-refractivity contribution >= 4 is 28.9 Å². The molecule has 2 heterocycles. The lowest BCUT2D eigenvalue weighted by molar-refractivity contribution is -0.129. The number of amides is 2. The van der Waals surface area contributed by atoms with Crippen LogP contribution >= 0.6 is 0 Å². The topological polar surface area (TPSA) is 101 Å². The van der Waals surface area contributed by atoms with Crippen molar-refractivity contribution in [2.45, 2.75) is 83.8 Å². The van der Waals surface area contributed by atoms with Crippen LogP contribution < -0.4 is 4.74 Å². The molecule has 5 rings (SSSR count). The van der Waals surface area contributed by atoms with E-state index in [2.05, 4.69) is 12.1 Å². The highest BCUT2D eigenvalue weighted by molar-refractivity contribution is 5.99. The molecule has 0 atom stereocenters. The number of carboxylic acids is 1. The number of ether oxygens (including phenoxy) is 2. The van der Waals surface area contributed by atoms with Crippen molar-refractivity contribution in [2.75, 3.05) is 33.8 Å². The average Bonchev–Trinajstić information content (AvgIpc) is 3.33. The second-order valence-corrected chi connectivity index (χ2v) is 13.8. The van der Waals surface area contributed by atoms with E-state index >= 15 is 0 Å². The van der Waals surface area contributed by atoms with Gasteiger partial charge in [0.1, 0.15) is 17.9 Å². The summed E-state index contributed by atoms with van der Waals surface area (Å²) in [6.07, 6.45) is 7.15. The van der Waals surface area contributed by atoms with Crippen LogP contribution in [0.25, 0.3) is 22.2 Å². The van der Waals surface area contributed by atoms with Crippen LogP contribution in [0.15, 0.2) is 42.5 Å². The van der Waals surface area contributed by atoms with Crippen molar-refractivity contribution in [3.63, 3.8) is 0 Å². The summed E-state index contributed by atoms with van der Waals surface area (Å²) in [5.41, 5.74) is 3.65. The van der Waals surface area contributed by atoms with E-state index in [0.717, 1.165) is 66.4 Å². The highest BCUT2D eigenvalue weighted by Gasteiger charge is 2.29. The molecule has 1 aliphatic carbocycles. The summed E-state index contributed by atoms with van der Waals surface area (Å²) in [7, 11) is 3.48. The van der Waals surface area contributed by atoms with Gasteiger partial charge in [-0.05, 0) is 106 Å². The molecule has 0 spiro atoms. The van der Waals surface area contributed by atoms with Crippen LogP contribution in [0.2, 0.25) is 0 Å². The van der Waals surface area contributed by atoms with E-state index in [1.165, 1.54) is 12.0 Å². The lowest BCUT2D eigenvalue weighted by Crippen LogP contribution is -2.42. The number of likely N-dealkylation sites (N-methyl/N-ethyl adjacent to an activating group) is 1. The fourth-order valence-corrected chi connectivity index (χ4v) is 6.60. The van der Waals surface area contributed by atoms with Crippen molar-refractivity contribution in [1.82, 2.24) is 14.4 Å². The predicted molar refractivity (Wildman–Crippen MR) is 175 cm³/mol. The van der Waals surface area contributed by atoms with Crippen molar-refractivity contribution in [3.8, 4) is 17.0 Å². The first-order valence-electron chi connectivity index (χ1n) is 16.2. The Morgan fingerprint density at radius 1 is 0.933 bits per heavy atom. The molecule has 3 aromatic rings. The summed E-state index contributed by atoms with van der Waals surface area (Å²) in [4.78, 5) is 40.8. The smallest absolute Gasteiger partial charge is 0.410 e. The standard InChI is InChI=1S/C36H47N3O6/c1-36(2,3)45-35(43)38-19-17-24(18-20-38)23-44-28-14-11-26(12-15-28)33-32(25-9-7-6-8-10-25)29-16-13-27(34(41)42)21-30(29)39(33)22-31(40)37(4)5/h11-16,21,24-25H,6-10,17-20,22-23H2,1-5H3,(H,41,42). The lowest BCUT2D eigenvalue weighted by atomic mass is 9.81. The third-order valence-electron chi connectivity index (χ3n) is 9.04. The second-order valence-electron chi connectivity index (χ2n) is 13.8. The number of hydrogen-bond donors (Lipinski definition) is 1. The number of rotatable bonds is 8. The summed E-state index contributed by atoms with van der Waals surface area (Å²) in [6.45, 7) is 7.65. The predicted octanol–water partition coefficient (Wildman–Crippen LogP) is 7.17. The van der Waals surface area contributed by atoms with Gasteiger partial charge in [-0.2, -0.15) is 0 Å². The minimum Gasteiger partial charge on any atom is -0.493 e. The molecule has 9 nitrogen and oxygen atoms in total. The molecule has 9 heteroatoms. The van der Waals surface area contributed by atoms with E-state index in [9.17, 15) is 19.5 Å². The number of benzene rings is 2. The van der Waals surface area contributed by atoms with Gasteiger partial charge < -0.3 is 28.9 Å². The van der Waals surface area contributed by atoms with E-state index in [0.29, 0.717) is 31.5 Å². The number of carboxylic acid groups (broad SMARTS) is 1. The Morgan fingerprint density at radius 2 is 1.60 bits per heavy atom. The molecule has 1 aliphatic heterocycles. The number of aromatic nitrogens is 1. The molecule has 1 N–H and O–H groups in total. The van der Waals surface area contributed by atoms with E-state index < -0.39 is 11.6 Å². The van der Waals surface area contributed by atoms with Crippen LogP contribution in [0.3, 0.4) is 0 Å². The van der Waals surface area contributed by atoms with Crippen LogP contribution in [0.1, 0.15) is 87.6 Å². The number of carbonyl (C=O) groups is 3. The Morgan fingerprint density at radius 3 is 2.20 bits per heavy atom. The molecule has 0 radical (unpaired) electrons. The van der Waals surface area contributed by atoms with Gasteiger partial charge in [0.15, 0.2) is 0 Å². The summed E-state index contributed by atoms with van der Waals surface area (Å²) in [5.74, 6) is 0.422. The zero-order chi connectivity index (χ0) is 32.3. The molecular formula is C36H47N3O6. The molecule has 0 unspecified atom stereocenters. The fourth-order valence-electron chi connectivity index (χ4n) is 6.60. The van der Waals surface area contributed by atoms with Crippen LogP contribution in [-0.2, 0) is 16.1 Å². The normalized spacial score (nSPS) is 16.5. The fraction of sp³-hybridized carbons (Fsp3) is 0.528. The molecule has 1 saturated carbocycles. The van der Waals surface area contributed by atoms with Crippen molar-refractivity contribution < 1.29 is 29.0 Å². The number of carbonyl (C=O) groups excluding carboxylic acids is 2. The lowest BCUT2D eigenvalue weighted by Gasteiger charge is -2.33. The molecular weight excluding hydrogens is 570 g/mol. The van der Waals surface area contributed by atoms with Gasteiger partial charge in [0.25, 0.3) is 0 Å². The highest BCUT2D eigenvalue weighted by Crippen LogP contribution is 2.44. The molecule has 2 aliphatic rings. The van der Waals surface area contributed by atoms with Gasteiger partial charge in [0.05, 0.1) is 23.4 Å². The number of piperidine rings is 1. The van der Waals surface area contributed by atoms with E-state index in [1.807, 2.05) is 43.5 Å². The molecule has 242 valence electrons. The number of nitrogens with zero attached hydrogens (tertiary/aromatic N) is 3. The van der Waals surface area contributed by atoms with Gasteiger partial charge in [-0.3, -0.25) is 4.79 Å². The van der Waals surface area contributed by atoms with Crippen LogP contribution in [-0.4, -0.2) is 76.8 Å². The minimum atomic E-state index is -0.985. The molecule has 0 bridgehead atoms. The number of aromatic carboxylic acids is 1. The maximum Gasteiger partial charge on any atom is 0.410 e. The van der Waals surface area contributed by atoms with Crippen molar-refractivity contribution in [2.24, 2.45) is 5.92 Å². The second kappa shape index (κ2) is 13.5. The first kappa shape index (κ1) is 32.4. The first-order chi connectivity index (χ1) is 21.4. The Hall–Kier alpha value is -4.01. The van der Waals surface area contributed by atoms with Crippen LogP contribution in [0.4, 0.5) is 4.79 Å². The third kappa shape index (κ3) is 7.63. The summed E-state index contributed by atoms with van der Waals surface area (Å²) in [6, 6.07) is 13.4. The van der Waals surface area contributed by atoms with Gasteiger partial charge in [-0.15, -0.1) is 0 Å². The Kier molecular flexibility index (Phi) is 9.75. The van der Waals surface area contributed by atoms with E-state index in [-0.39, 0.29) is 24.1 Å². The zero-order valence-corrected chi connectivity index (χ0v) is 27.3. The largest absolute Gasteiger partial charge is 0.493 e. The summed E-state index contributed by atoms with van der Waals surface area (Å²) >= 11 is 0. The maximum atomic E-state index is 13.1. The Bertz CT molecular complexity index is 1520. The molecule has 1 aromatic heterocycles. The third-order valence-corrected chi connectivity index (χ3v) is 9.04. The summed E-state index contributed by atoms with van der Waals surface area (Å²) < 4.78 is 13.8. The van der Waals surface area contributed by atoms with Gasteiger partial charge in [0, 0.05) is 32.6 Å². The quantitative estimate of drug-likeness (QED) is 0.288. The Labute approximate surface area is 266 Å². The van der Waals surface area contributed by atoms with Gasteiger partial charge in [-0.1, -0.05) is 25.3 Å². The van der Waals surface area contributed by atoms with Crippen molar-refractivity contribution in [3.05, 3.63) is 53.6 Å². The molecule has 45 heavy (non-hydrogen) atoms. The van der Waals surface area contributed by atoms with Gasteiger partial charge in [0.2, 0.25) is 5.91 Å². The van der Waals surface area contributed by atoms with E-state index in [4.69, 9.17) is 9.47 Å². The van der Waals surface area contributed by atoms with Gasteiger partial charge in [-0.25, -0.2) is 9.59 Å². The zero-order valence-electron chi connectivity index (χ0n) is 27.3. The SMILES string of the molecule is CN(C)C(=O)Cn1c(-c2ccc(OCC3CCN(C(=O)OC(C)(C)C)CC3)cc2)c(C2CCCCC2)c2ccc(C(=O)O)cc21. The molecule has 1 saturated heterocycles. The number of hydrogen-bond acceptors (Lipinski definition) is 5. The Balaban J connectivity index is 1.40.